The molecule has 1 atom stereocenters. The second-order valence-electron chi connectivity index (χ2n) is 11.2. The SMILES string of the molecule is CCOc1ccc(N2C(=O)c3cc(S(=O)(=O)Nc4ccc(C)cc4)ccc3N(Cc3ccccc3)[C@H]2c2cccc(C)c2)cc1. The highest BCUT2D eigenvalue weighted by atomic mass is 32.2. The first-order valence-corrected chi connectivity index (χ1v) is 16.4. The molecule has 0 saturated carbocycles. The van der Waals surface area contributed by atoms with Gasteiger partial charge in [-0.15, -0.1) is 0 Å². The second kappa shape index (κ2) is 12.5. The molecule has 0 aromatic heterocycles. The summed E-state index contributed by atoms with van der Waals surface area (Å²) in [6.45, 7) is 6.91. The van der Waals surface area contributed by atoms with Crippen LogP contribution in [0.2, 0.25) is 0 Å². The van der Waals surface area contributed by atoms with Crippen molar-refractivity contribution in [1.29, 1.82) is 0 Å². The molecular weight excluding hydrogens is 582 g/mol. The van der Waals surface area contributed by atoms with Crippen molar-refractivity contribution in [2.45, 2.75) is 38.4 Å². The van der Waals surface area contributed by atoms with Gasteiger partial charge in [0, 0.05) is 17.9 Å². The summed E-state index contributed by atoms with van der Waals surface area (Å²) in [5.74, 6) is 0.410. The number of nitrogens with zero attached hydrogens (tertiary/aromatic N) is 2. The Bertz CT molecular complexity index is 1930. The number of nitrogens with one attached hydrogen (secondary N) is 1. The number of aryl methyl sites for hydroxylation is 2. The molecule has 7 nitrogen and oxygen atoms in total. The predicted molar refractivity (Wildman–Crippen MR) is 179 cm³/mol. The third-order valence-corrected chi connectivity index (χ3v) is 9.22. The summed E-state index contributed by atoms with van der Waals surface area (Å²) in [4.78, 5) is 18.5. The summed E-state index contributed by atoms with van der Waals surface area (Å²) in [6, 6.07) is 37.6. The van der Waals surface area contributed by atoms with E-state index < -0.39 is 16.2 Å². The van der Waals surface area contributed by atoms with Crippen LogP contribution >= 0.6 is 0 Å². The molecule has 45 heavy (non-hydrogen) atoms. The molecule has 8 heteroatoms. The zero-order valence-electron chi connectivity index (χ0n) is 25.5. The van der Waals surface area contributed by atoms with Gasteiger partial charge in [0.1, 0.15) is 11.9 Å². The average molecular weight is 618 g/mol. The van der Waals surface area contributed by atoms with Crippen molar-refractivity contribution in [2.75, 3.05) is 21.1 Å². The first-order valence-electron chi connectivity index (χ1n) is 14.9. The maximum atomic E-state index is 14.6. The van der Waals surface area contributed by atoms with Gasteiger partial charge in [0.25, 0.3) is 15.9 Å². The number of carbonyl (C=O) groups excluding carboxylic acids is 1. The van der Waals surface area contributed by atoms with Gasteiger partial charge in [-0.1, -0.05) is 77.9 Å². The van der Waals surface area contributed by atoms with E-state index in [1.54, 1.807) is 29.2 Å². The molecule has 0 radical (unpaired) electrons. The van der Waals surface area contributed by atoms with Gasteiger partial charge in [-0.05, 0) is 86.5 Å². The molecule has 1 N–H and O–H groups in total. The molecular formula is C37H35N3O4S. The van der Waals surface area contributed by atoms with E-state index in [1.807, 2.05) is 93.6 Å². The predicted octanol–water partition coefficient (Wildman–Crippen LogP) is 7.87. The molecule has 5 aromatic carbocycles. The highest BCUT2D eigenvalue weighted by Gasteiger charge is 2.40. The Morgan fingerprint density at radius 3 is 2.20 bits per heavy atom. The van der Waals surface area contributed by atoms with Gasteiger partial charge >= 0.3 is 0 Å². The number of rotatable bonds is 9. The molecule has 1 heterocycles. The van der Waals surface area contributed by atoms with Crippen molar-refractivity contribution in [3.8, 4) is 5.75 Å². The summed E-state index contributed by atoms with van der Waals surface area (Å²) in [6.07, 6.45) is -0.504. The van der Waals surface area contributed by atoms with Crippen molar-refractivity contribution in [3.63, 3.8) is 0 Å². The summed E-state index contributed by atoms with van der Waals surface area (Å²) in [5, 5.41) is 0. The molecule has 0 spiro atoms. The van der Waals surface area contributed by atoms with E-state index >= 15 is 0 Å². The fourth-order valence-electron chi connectivity index (χ4n) is 5.69. The smallest absolute Gasteiger partial charge is 0.262 e. The summed E-state index contributed by atoms with van der Waals surface area (Å²) in [5.41, 5.74) is 6.17. The number of carbonyl (C=O) groups is 1. The third-order valence-electron chi connectivity index (χ3n) is 7.84. The van der Waals surface area contributed by atoms with Gasteiger partial charge in [-0.2, -0.15) is 0 Å². The number of benzene rings is 5. The minimum absolute atomic E-state index is 0.00971. The Morgan fingerprint density at radius 1 is 0.778 bits per heavy atom. The lowest BCUT2D eigenvalue weighted by Crippen LogP contribution is -2.49. The molecule has 0 unspecified atom stereocenters. The van der Waals surface area contributed by atoms with E-state index in [4.69, 9.17) is 4.74 Å². The Kier molecular flexibility index (Phi) is 8.32. The number of hydrogen-bond acceptors (Lipinski definition) is 5. The maximum Gasteiger partial charge on any atom is 0.262 e. The van der Waals surface area contributed by atoms with Crippen LogP contribution in [0.15, 0.2) is 126 Å². The average Bonchev–Trinajstić information content (AvgIpc) is 3.04. The summed E-state index contributed by atoms with van der Waals surface area (Å²) in [7, 11) is -3.98. The van der Waals surface area contributed by atoms with E-state index in [0.717, 1.165) is 22.3 Å². The molecule has 0 aliphatic carbocycles. The van der Waals surface area contributed by atoms with Gasteiger partial charge in [-0.25, -0.2) is 8.42 Å². The Hall–Kier alpha value is -5.08. The number of anilines is 3. The lowest BCUT2D eigenvalue weighted by atomic mass is 9.98. The lowest BCUT2D eigenvalue weighted by Gasteiger charge is -2.46. The van der Waals surface area contributed by atoms with Crippen molar-refractivity contribution in [1.82, 2.24) is 0 Å². The van der Waals surface area contributed by atoms with Crippen molar-refractivity contribution in [3.05, 3.63) is 149 Å². The van der Waals surface area contributed by atoms with Crippen molar-refractivity contribution >= 4 is 33.0 Å². The molecule has 5 aromatic rings. The topological polar surface area (TPSA) is 78.9 Å². The zero-order chi connectivity index (χ0) is 31.6. The van der Waals surface area contributed by atoms with Crippen LogP contribution in [0.4, 0.5) is 17.1 Å². The largest absolute Gasteiger partial charge is 0.494 e. The first kappa shape index (κ1) is 30.0. The Balaban J connectivity index is 1.51. The van der Waals surface area contributed by atoms with Crippen LogP contribution in [0.3, 0.4) is 0 Å². The number of ether oxygens (including phenoxy) is 1. The maximum absolute atomic E-state index is 14.6. The molecule has 0 bridgehead atoms. The van der Waals surface area contributed by atoms with Gasteiger partial charge in [0.2, 0.25) is 0 Å². The van der Waals surface area contributed by atoms with Crippen LogP contribution in [-0.4, -0.2) is 20.9 Å². The fraction of sp³-hybridized carbons (Fsp3) is 0.162. The third kappa shape index (κ3) is 6.28. The number of fused-ring (bicyclic) bond motifs is 1. The summed E-state index contributed by atoms with van der Waals surface area (Å²) < 4.78 is 35.5. The standard InChI is InChI=1S/C37H35N3O4S/c1-4-44-32-19-17-31(18-20-32)40-36(29-12-8-9-27(3)23-29)39(25-28-10-6-5-7-11-28)35-22-21-33(24-34(35)37(40)41)45(42,43)38-30-15-13-26(2)14-16-30/h5-24,36,38H,4,25H2,1-3H3/t36-/m1/s1. The van der Waals surface area contributed by atoms with E-state index in [-0.39, 0.29) is 10.8 Å². The Morgan fingerprint density at radius 2 is 1.51 bits per heavy atom. The molecule has 6 rings (SSSR count). The molecule has 228 valence electrons. The first-order chi connectivity index (χ1) is 21.7. The van der Waals surface area contributed by atoms with Crippen LogP contribution in [0.5, 0.6) is 5.75 Å². The van der Waals surface area contributed by atoms with Crippen LogP contribution in [-0.2, 0) is 16.6 Å². The fourth-order valence-corrected chi connectivity index (χ4v) is 6.78. The zero-order valence-corrected chi connectivity index (χ0v) is 26.3. The molecule has 0 fully saturated rings. The van der Waals surface area contributed by atoms with Gasteiger partial charge < -0.3 is 9.64 Å². The minimum Gasteiger partial charge on any atom is -0.494 e. The van der Waals surface area contributed by atoms with Gasteiger partial charge in [-0.3, -0.25) is 14.4 Å². The normalized spacial score (nSPS) is 14.6. The van der Waals surface area contributed by atoms with Gasteiger partial charge in [0.05, 0.1) is 22.8 Å². The van der Waals surface area contributed by atoms with Crippen LogP contribution < -0.4 is 19.3 Å². The molecule has 0 saturated heterocycles. The van der Waals surface area contributed by atoms with Crippen molar-refractivity contribution in [2.24, 2.45) is 0 Å². The van der Waals surface area contributed by atoms with Crippen LogP contribution in [0.25, 0.3) is 0 Å². The highest BCUT2D eigenvalue weighted by Crippen LogP contribution is 2.43. The van der Waals surface area contributed by atoms with E-state index in [2.05, 4.69) is 27.8 Å². The van der Waals surface area contributed by atoms with E-state index in [1.165, 1.54) is 6.07 Å². The number of hydrogen-bond donors (Lipinski definition) is 1. The number of sulfonamides is 1. The lowest BCUT2D eigenvalue weighted by molar-refractivity contribution is 0.0968. The van der Waals surface area contributed by atoms with Crippen molar-refractivity contribution < 1.29 is 17.9 Å². The van der Waals surface area contributed by atoms with Crippen LogP contribution in [0, 0.1) is 13.8 Å². The van der Waals surface area contributed by atoms with Gasteiger partial charge in [0.15, 0.2) is 0 Å². The van der Waals surface area contributed by atoms with E-state index in [0.29, 0.717) is 41.5 Å². The van der Waals surface area contributed by atoms with Crippen LogP contribution in [0.1, 0.15) is 45.7 Å². The highest BCUT2D eigenvalue weighted by molar-refractivity contribution is 7.92. The Labute approximate surface area is 264 Å². The molecule has 1 amide bonds. The summed E-state index contributed by atoms with van der Waals surface area (Å²) >= 11 is 0. The monoisotopic (exact) mass is 617 g/mol. The second-order valence-corrected chi connectivity index (χ2v) is 12.8. The molecule has 1 aliphatic heterocycles. The van der Waals surface area contributed by atoms with E-state index in [9.17, 15) is 13.2 Å². The quantitative estimate of drug-likeness (QED) is 0.182. The molecule has 1 aliphatic rings. The minimum atomic E-state index is -3.98. The number of amides is 1.